The van der Waals surface area contributed by atoms with Crippen LogP contribution in [0.5, 0.6) is 0 Å². The van der Waals surface area contributed by atoms with E-state index < -0.39 is 0 Å². The molecule has 0 heterocycles. The first kappa shape index (κ1) is 10.3. The Morgan fingerprint density at radius 3 is 2.50 bits per heavy atom. The van der Waals surface area contributed by atoms with Crippen molar-refractivity contribution in [3.63, 3.8) is 0 Å². The van der Waals surface area contributed by atoms with E-state index >= 15 is 0 Å². The van der Waals surface area contributed by atoms with Gasteiger partial charge in [0.2, 0.25) is 6.41 Å². The van der Waals surface area contributed by atoms with Crippen LogP contribution in [0.1, 0.15) is 5.56 Å². The monoisotopic (exact) mass is 187 g/mol. The maximum Gasteiger partial charge on any atom is 0.214 e. The molecule has 2 heteroatoms. The van der Waals surface area contributed by atoms with Gasteiger partial charge in [-0.15, -0.1) is 0 Å². The molecule has 0 spiro atoms. The summed E-state index contributed by atoms with van der Waals surface area (Å²) in [5.74, 6) is 0. The van der Waals surface area contributed by atoms with E-state index in [2.05, 4.69) is 13.2 Å². The molecule has 0 atom stereocenters. The van der Waals surface area contributed by atoms with Crippen LogP contribution in [0.25, 0.3) is 0 Å². The van der Waals surface area contributed by atoms with Gasteiger partial charge in [0.15, 0.2) is 0 Å². The fraction of sp³-hybridized carbons (Fsp3) is 0.0833. The molecule has 0 unspecified atom stereocenters. The zero-order valence-corrected chi connectivity index (χ0v) is 8.02. The van der Waals surface area contributed by atoms with Gasteiger partial charge >= 0.3 is 0 Å². The first-order valence-corrected chi connectivity index (χ1v) is 4.35. The number of hydrogen-bond acceptors (Lipinski definition) is 1. The van der Waals surface area contributed by atoms with Gasteiger partial charge in [0, 0.05) is 5.70 Å². The molecule has 0 aliphatic heterocycles. The average Bonchev–Trinajstić information content (AvgIpc) is 2.26. The predicted molar refractivity (Wildman–Crippen MR) is 57.4 cm³/mol. The minimum atomic E-state index is 0.537. The lowest BCUT2D eigenvalue weighted by Crippen LogP contribution is -2.18. The molecule has 72 valence electrons. The second kappa shape index (κ2) is 5.02. The van der Waals surface area contributed by atoms with E-state index in [-0.39, 0.29) is 0 Å². The predicted octanol–water partition coefficient (Wildman–Crippen LogP) is 2.34. The maximum absolute atomic E-state index is 10.7. The lowest BCUT2D eigenvalue weighted by atomic mass is 10.2. The quantitative estimate of drug-likeness (QED) is 0.512. The van der Waals surface area contributed by atoms with Gasteiger partial charge in [0.1, 0.15) is 0 Å². The minimum Gasteiger partial charge on any atom is -0.311 e. The molecule has 14 heavy (non-hydrogen) atoms. The number of carbonyl (C=O) groups is 1. The van der Waals surface area contributed by atoms with Crippen LogP contribution < -0.4 is 0 Å². The average molecular weight is 187 g/mol. The van der Waals surface area contributed by atoms with Gasteiger partial charge in [-0.25, -0.2) is 0 Å². The summed E-state index contributed by atoms with van der Waals surface area (Å²) in [7, 11) is 0. The Hall–Kier alpha value is -1.83. The van der Waals surface area contributed by atoms with E-state index in [1.165, 1.54) is 4.90 Å². The SMILES string of the molecule is C=CC(=C)N(C=O)Cc1ccccc1. The molecule has 0 bridgehead atoms. The molecule has 1 rings (SSSR count). The Balaban J connectivity index is 2.71. The van der Waals surface area contributed by atoms with Gasteiger partial charge in [-0.1, -0.05) is 43.5 Å². The number of nitrogens with zero attached hydrogens (tertiary/aromatic N) is 1. The lowest BCUT2D eigenvalue weighted by molar-refractivity contribution is -0.116. The molecular weight excluding hydrogens is 174 g/mol. The highest BCUT2D eigenvalue weighted by Crippen LogP contribution is 2.07. The van der Waals surface area contributed by atoms with Crippen molar-refractivity contribution in [1.82, 2.24) is 4.90 Å². The summed E-state index contributed by atoms with van der Waals surface area (Å²) in [5, 5.41) is 0. The number of allylic oxidation sites excluding steroid dienone is 1. The molecule has 0 aromatic heterocycles. The van der Waals surface area contributed by atoms with Crippen LogP contribution in [0, 0.1) is 0 Å². The molecule has 0 N–H and O–H groups in total. The third-order valence-electron chi connectivity index (χ3n) is 1.93. The van der Waals surface area contributed by atoms with Gasteiger partial charge in [-0.2, -0.15) is 0 Å². The van der Waals surface area contributed by atoms with Crippen molar-refractivity contribution in [3.8, 4) is 0 Å². The Morgan fingerprint density at radius 1 is 1.36 bits per heavy atom. The number of hydrogen-bond donors (Lipinski definition) is 0. The molecule has 0 saturated carbocycles. The first-order valence-electron chi connectivity index (χ1n) is 4.35. The lowest BCUT2D eigenvalue weighted by Gasteiger charge is -2.16. The fourth-order valence-corrected chi connectivity index (χ4v) is 1.10. The minimum absolute atomic E-state index is 0.537. The highest BCUT2D eigenvalue weighted by molar-refractivity contribution is 5.52. The normalized spacial score (nSPS) is 9.14. The van der Waals surface area contributed by atoms with Crippen LogP contribution in [0.15, 0.2) is 55.3 Å². The van der Waals surface area contributed by atoms with Crippen LogP contribution in [0.2, 0.25) is 0 Å². The molecule has 0 saturated heterocycles. The second-order valence-electron chi connectivity index (χ2n) is 2.91. The number of benzene rings is 1. The molecule has 2 nitrogen and oxygen atoms in total. The summed E-state index contributed by atoms with van der Waals surface area (Å²) < 4.78 is 0. The zero-order valence-electron chi connectivity index (χ0n) is 8.02. The molecule has 0 aliphatic carbocycles. The Kier molecular flexibility index (Phi) is 3.68. The van der Waals surface area contributed by atoms with Gasteiger partial charge in [-0.05, 0) is 11.6 Å². The van der Waals surface area contributed by atoms with Crippen molar-refractivity contribution in [2.45, 2.75) is 6.54 Å². The maximum atomic E-state index is 10.7. The van der Waals surface area contributed by atoms with E-state index in [0.29, 0.717) is 12.2 Å². The summed E-state index contributed by atoms with van der Waals surface area (Å²) in [6.45, 7) is 7.83. The highest BCUT2D eigenvalue weighted by atomic mass is 16.1. The second-order valence-corrected chi connectivity index (χ2v) is 2.91. The van der Waals surface area contributed by atoms with E-state index in [1.54, 1.807) is 6.08 Å². The number of amides is 1. The third kappa shape index (κ3) is 2.59. The van der Waals surface area contributed by atoms with E-state index in [4.69, 9.17) is 0 Å². The Morgan fingerprint density at radius 2 is 2.00 bits per heavy atom. The molecule has 1 aromatic rings. The van der Waals surface area contributed by atoms with Crippen molar-refractivity contribution in [3.05, 3.63) is 60.8 Å². The third-order valence-corrected chi connectivity index (χ3v) is 1.93. The van der Waals surface area contributed by atoms with Gasteiger partial charge in [0.25, 0.3) is 0 Å². The van der Waals surface area contributed by atoms with Crippen LogP contribution in [0.3, 0.4) is 0 Å². The van der Waals surface area contributed by atoms with E-state index in [1.807, 2.05) is 30.3 Å². The van der Waals surface area contributed by atoms with Crippen molar-refractivity contribution < 1.29 is 4.79 Å². The number of carbonyl (C=O) groups excluding carboxylic acids is 1. The smallest absolute Gasteiger partial charge is 0.214 e. The van der Waals surface area contributed by atoms with Crippen molar-refractivity contribution in [2.75, 3.05) is 0 Å². The summed E-state index contributed by atoms with van der Waals surface area (Å²) >= 11 is 0. The van der Waals surface area contributed by atoms with Crippen LogP contribution >= 0.6 is 0 Å². The van der Waals surface area contributed by atoms with Gasteiger partial charge < -0.3 is 4.90 Å². The summed E-state index contributed by atoms with van der Waals surface area (Å²) in [4.78, 5) is 12.2. The van der Waals surface area contributed by atoms with E-state index in [0.717, 1.165) is 12.0 Å². The molecule has 0 radical (unpaired) electrons. The van der Waals surface area contributed by atoms with Crippen LogP contribution in [-0.4, -0.2) is 11.3 Å². The number of rotatable bonds is 5. The molecule has 1 amide bonds. The molecule has 0 fully saturated rings. The Labute approximate surface area is 84.2 Å². The van der Waals surface area contributed by atoms with Gasteiger partial charge in [-0.3, -0.25) is 4.79 Å². The molecule has 1 aromatic carbocycles. The van der Waals surface area contributed by atoms with Crippen molar-refractivity contribution >= 4 is 6.41 Å². The van der Waals surface area contributed by atoms with Gasteiger partial charge in [0.05, 0.1) is 6.54 Å². The molecule has 0 aliphatic rings. The fourth-order valence-electron chi connectivity index (χ4n) is 1.10. The topological polar surface area (TPSA) is 20.3 Å². The summed E-state index contributed by atoms with van der Waals surface area (Å²) in [6, 6.07) is 9.75. The highest BCUT2D eigenvalue weighted by Gasteiger charge is 2.03. The largest absolute Gasteiger partial charge is 0.311 e. The summed E-state index contributed by atoms with van der Waals surface area (Å²) in [6.07, 6.45) is 2.33. The molecular formula is C12H13NO. The first-order chi connectivity index (χ1) is 6.77. The Bertz CT molecular complexity index is 329. The standard InChI is InChI=1S/C12H13NO/c1-3-11(2)13(10-14)9-12-7-5-4-6-8-12/h3-8,10H,1-2,9H2. The van der Waals surface area contributed by atoms with Crippen LogP contribution in [-0.2, 0) is 11.3 Å². The van der Waals surface area contributed by atoms with Crippen molar-refractivity contribution in [1.29, 1.82) is 0 Å². The van der Waals surface area contributed by atoms with Crippen LogP contribution in [0.4, 0.5) is 0 Å². The van der Waals surface area contributed by atoms with E-state index in [9.17, 15) is 4.79 Å². The van der Waals surface area contributed by atoms with Crippen molar-refractivity contribution in [2.24, 2.45) is 0 Å². The zero-order chi connectivity index (χ0) is 10.4. The summed E-state index contributed by atoms with van der Waals surface area (Å²) in [5.41, 5.74) is 1.69.